The topological polar surface area (TPSA) is 69.6 Å². The molecule has 2 heterocycles. The van der Waals surface area contributed by atoms with Crippen molar-refractivity contribution in [3.8, 4) is 11.5 Å². The summed E-state index contributed by atoms with van der Waals surface area (Å²) >= 11 is 15.2. The minimum absolute atomic E-state index is 0.0535. The first-order valence-electron chi connectivity index (χ1n) is 12.2. The fourth-order valence-electron chi connectivity index (χ4n) is 6.42. The maximum Gasteiger partial charge on any atom is 0.308 e. The largest absolute Gasteiger partial charge is 0.493 e. The summed E-state index contributed by atoms with van der Waals surface area (Å²) in [6, 6.07) is 11.0. The second-order valence-corrected chi connectivity index (χ2v) is 12.9. The van der Waals surface area contributed by atoms with Crippen molar-refractivity contribution in [3.05, 3.63) is 66.6 Å². The summed E-state index contributed by atoms with van der Waals surface area (Å²) in [7, 11) is 3.28. The molecule has 10 heteroatoms. The molecule has 194 valence electrons. The number of hydrogen-bond donors (Lipinski definition) is 1. The van der Waals surface area contributed by atoms with Crippen LogP contribution in [0.5, 0.6) is 11.5 Å². The molecule has 6 nitrogen and oxygen atoms in total. The van der Waals surface area contributed by atoms with Gasteiger partial charge in [0.25, 0.3) is 0 Å². The zero-order valence-electron chi connectivity index (χ0n) is 20.3. The fourth-order valence-corrected chi connectivity index (χ4v) is 9.87. The Morgan fingerprint density at radius 3 is 2.59 bits per heavy atom. The molecule has 1 aliphatic heterocycles. The van der Waals surface area contributed by atoms with Crippen LogP contribution in [0.2, 0.25) is 10.0 Å². The number of halogens is 2. The molecule has 1 amide bonds. The molecular weight excluding hydrogens is 551 g/mol. The minimum atomic E-state index is -0.278. The summed E-state index contributed by atoms with van der Waals surface area (Å²) in [6.07, 6.45) is 3.72. The molecule has 3 aliphatic rings. The van der Waals surface area contributed by atoms with Gasteiger partial charge in [-0.15, -0.1) is 11.8 Å². The van der Waals surface area contributed by atoms with Crippen LogP contribution >= 0.6 is 46.3 Å². The molecule has 0 saturated heterocycles. The predicted octanol–water partition coefficient (Wildman–Crippen LogP) is 6.52. The molecule has 2 aliphatic carbocycles. The number of carbonyl (C=O) groups excluding carboxylic acids is 1. The van der Waals surface area contributed by atoms with Crippen LogP contribution in [0, 0.1) is 17.8 Å². The van der Waals surface area contributed by atoms with Gasteiger partial charge in [0.2, 0.25) is 5.91 Å². The summed E-state index contributed by atoms with van der Waals surface area (Å²) in [5, 5.41) is 4.99. The third-order valence-corrected chi connectivity index (χ3v) is 11.5. The smallest absolute Gasteiger partial charge is 0.308 e. The van der Waals surface area contributed by atoms with Crippen LogP contribution in [0.3, 0.4) is 0 Å². The average molecular weight is 578 g/mol. The van der Waals surface area contributed by atoms with Crippen molar-refractivity contribution in [2.24, 2.45) is 17.8 Å². The Bertz CT molecular complexity index is 1440. The maximum absolute atomic E-state index is 13.3. The van der Waals surface area contributed by atoms with Crippen molar-refractivity contribution in [3.63, 3.8) is 0 Å². The van der Waals surface area contributed by atoms with E-state index in [0.717, 1.165) is 15.5 Å². The number of amides is 1. The molecule has 37 heavy (non-hydrogen) atoms. The molecular formula is C27H26Cl2N2O4S2. The van der Waals surface area contributed by atoms with E-state index in [1.54, 1.807) is 48.7 Å². The number of fused-ring (bicyclic) bond motifs is 6. The molecule has 1 aromatic heterocycles. The summed E-state index contributed by atoms with van der Waals surface area (Å²) < 4.78 is 12.7. The molecule has 2 aromatic carbocycles. The lowest BCUT2D eigenvalue weighted by Gasteiger charge is -2.40. The molecule has 2 fully saturated rings. The first-order chi connectivity index (χ1) is 17.9. The predicted molar refractivity (Wildman–Crippen MR) is 149 cm³/mol. The van der Waals surface area contributed by atoms with E-state index in [1.807, 2.05) is 6.07 Å². The SMILES string of the molecule is COc1ccc([C@@H]2c3sc(=O)n(CC(=O)Nc4ccc(Cl)c(Cl)c4)c3SC3C4CCC(C4)C32)cc1OC. The molecule has 2 saturated carbocycles. The fraction of sp³-hybridized carbons (Fsp3) is 0.407. The van der Waals surface area contributed by atoms with Crippen LogP contribution in [0.15, 0.2) is 46.2 Å². The molecule has 0 spiro atoms. The highest BCUT2D eigenvalue weighted by Gasteiger charge is 2.55. The highest BCUT2D eigenvalue weighted by Crippen LogP contribution is 2.64. The number of benzene rings is 2. The van der Waals surface area contributed by atoms with Crippen LogP contribution < -0.4 is 19.7 Å². The number of thioether (sulfide) groups is 1. The number of methoxy groups -OCH3 is 2. The number of ether oxygens (including phenoxy) is 2. The lowest BCUT2D eigenvalue weighted by Crippen LogP contribution is -2.34. The van der Waals surface area contributed by atoms with Crippen LogP contribution in [0.1, 0.15) is 35.6 Å². The lowest BCUT2D eigenvalue weighted by atomic mass is 9.75. The Hall–Kier alpha value is -2.13. The van der Waals surface area contributed by atoms with E-state index in [1.165, 1.54) is 30.6 Å². The van der Waals surface area contributed by atoms with Crippen molar-refractivity contribution >= 4 is 57.9 Å². The normalized spacial score (nSPS) is 25.5. The molecule has 1 N–H and O–H groups in total. The third-order valence-electron chi connectivity index (χ3n) is 7.96. The number of carbonyl (C=O) groups is 1. The summed E-state index contributed by atoms with van der Waals surface area (Å²) in [5.74, 6) is 2.94. The number of thiazole rings is 1. The number of nitrogens with zero attached hydrogens (tertiary/aromatic N) is 1. The minimum Gasteiger partial charge on any atom is -0.493 e. The highest BCUT2D eigenvalue weighted by molar-refractivity contribution is 8.00. The number of hydrogen-bond acceptors (Lipinski definition) is 6. The average Bonchev–Trinajstić information content (AvgIpc) is 3.59. The van der Waals surface area contributed by atoms with E-state index in [9.17, 15) is 9.59 Å². The van der Waals surface area contributed by atoms with Crippen molar-refractivity contribution in [1.29, 1.82) is 0 Å². The van der Waals surface area contributed by atoms with Gasteiger partial charge in [-0.1, -0.05) is 40.6 Å². The van der Waals surface area contributed by atoms with Gasteiger partial charge in [-0.05, 0) is 72.9 Å². The Morgan fingerprint density at radius 1 is 1.05 bits per heavy atom. The number of rotatable bonds is 6. The van der Waals surface area contributed by atoms with E-state index in [2.05, 4.69) is 17.4 Å². The summed E-state index contributed by atoms with van der Waals surface area (Å²) in [4.78, 5) is 27.2. The van der Waals surface area contributed by atoms with Gasteiger partial charge >= 0.3 is 4.87 Å². The molecule has 3 aromatic rings. The van der Waals surface area contributed by atoms with Gasteiger partial charge in [0, 0.05) is 21.7 Å². The van der Waals surface area contributed by atoms with Gasteiger partial charge in [-0.25, -0.2) is 0 Å². The van der Waals surface area contributed by atoms with E-state index in [4.69, 9.17) is 32.7 Å². The molecule has 6 rings (SSSR count). The molecule has 4 unspecified atom stereocenters. The quantitative estimate of drug-likeness (QED) is 0.361. The number of aromatic nitrogens is 1. The van der Waals surface area contributed by atoms with Crippen LogP contribution in [0.25, 0.3) is 0 Å². The first-order valence-corrected chi connectivity index (χ1v) is 14.7. The van der Waals surface area contributed by atoms with E-state index in [0.29, 0.717) is 50.2 Å². The van der Waals surface area contributed by atoms with Gasteiger partial charge in [0.05, 0.1) is 29.3 Å². The van der Waals surface area contributed by atoms with Gasteiger partial charge in [-0.2, -0.15) is 0 Å². The van der Waals surface area contributed by atoms with Crippen molar-refractivity contribution in [2.75, 3.05) is 19.5 Å². The lowest BCUT2D eigenvalue weighted by molar-refractivity contribution is -0.116. The standard InChI is InChI=1S/C27H26Cl2N2O4S2/c1-34-19-8-5-14(10-20(19)35-2)23-22-13-3-4-15(9-13)24(22)36-26-25(23)37-27(33)31(26)12-21(32)30-16-6-7-17(28)18(29)11-16/h5-8,10-11,13,15,22-24H,3-4,9,12H2,1-2H3,(H,30,32)/t13?,15?,22?,23-,24?/m0/s1. The van der Waals surface area contributed by atoms with E-state index >= 15 is 0 Å². The Labute approximate surface area is 233 Å². The van der Waals surface area contributed by atoms with Gasteiger partial charge < -0.3 is 14.8 Å². The first kappa shape index (κ1) is 25.2. The number of anilines is 1. The van der Waals surface area contributed by atoms with Crippen molar-refractivity contribution in [1.82, 2.24) is 4.57 Å². The zero-order chi connectivity index (χ0) is 25.8. The zero-order valence-corrected chi connectivity index (χ0v) is 23.5. The highest BCUT2D eigenvalue weighted by atomic mass is 35.5. The Kier molecular flexibility index (Phi) is 6.72. The summed E-state index contributed by atoms with van der Waals surface area (Å²) in [5.41, 5.74) is 1.68. The van der Waals surface area contributed by atoms with Gasteiger partial charge in [0.15, 0.2) is 11.5 Å². The van der Waals surface area contributed by atoms with Gasteiger partial charge in [0.1, 0.15) is 6.54 Å². The van der Waals surface area contributed by atoms with Crippen molar-refractivity contribution < 1.29 is 14.3 Å². The molecule has 5 atom stereocenters. The molecule has 2 bridgehead atoms. The second-order valence-electron chi connectivity index (χ2n) is 9.89. The van der Waals surface area contributed by atoms with Crippen LogP contribution in [0.4, 0.5) is 5.69 Å². The summed E-state index contributed by atoms with van der Waals surface area (Å²) in [6.45, 7) is -0.0535. The number of nitrogens with one attached hydrogen (secondary N) is 1. The second kappa shape index (κ2) is 9.88. The van der Waals surface area contributed by atoms with Crippen LogP contribution in [-0.4, -0.2) is 29.9 Å². The Morgan fingerprint density at radius 2 is 1.84 bits per heavy atom. The van der Waals surface area contributed by atoms with E-state index in [-0.39, 0.29) is 23.2 Å². The van der Waals surface area contributed by atoms with Crippen LogP contribution in [-0.2, 0) is 11.3 Å². The Balaban J connectivity index is 1.37. The molecule has 0 radical (unpaired) electrons. The van der Waals surface area contributed by atoms with Gasteiger partial charge in [-0.3, -0.25) is 14.2 Å². The van der Waals surface area contributed by atoms with E-state index < -0.39 is 0 Å². The monoisotopic (exact) mass is 576 g/mol. The van der Waals surface area contributed by atoms with Crippen molar-refractivity contribution in [2.45, 2.75) is 42.0 Å². The maximum atomic E-state index is 13.3. The third kappa shape index (κ3) is 4.36.